The first kappa shape index (κ1) is 14.1. The summed E-state index contributed by atoms with van der Waals surface area (Å²) in [7, 11) is 0. The maximum atomic E-state index is 11.0. The molecule has 0 aliphatic heterocycles. The van der Waals surface area contributed by atoms with Crippen molar-refractivity contribution >= 4 is 23.4 Å². The van der Waals surface area contributed by atoms with Crippen molar-refractivity contribution < 1.29 is 4.92 Å². The van der Waals surface area contributed by atoms with Crippen LogP contribution in [0.25, 0.3) is 0 Å². The van der Waals surface area contributed by atoms with Crippen LogP contribution in [0.1, 0.15) is 12.6 Å². The number of hydrogen-bond donors (Lipinski definition) is 1. The molecule has 0 bridgehead atoms. The van der Waals surface area contributed by atoms with Gasteiger partial charge in [0.2, 0.25) is 5.95 Å². The summed E-state index contributed by atoms with van der Waals surface area (Å²) in [6.07, 6.45) is 2.78. The fourth-order valence-electron chi connectivity index (χ4n) is 1.36. The standard InChI is InChI=1S/C11H12N6O2S/c1-3-12-10-14-6-8(17(18)19)9(16-10)20-11-13-5-4-7(2)15-11/h4-6H,3H2,1-2H3,(H,12,14,16). The van der Waals surface area contributed by atoms with Gasteiger partial charge < -0.3 is 5.32 Å². The molecule has 0 radical (unpaired) electrons. The van der Waals surface area contributed by atoms with Crippen molar-refractivity contribution in [1.29, 1.82) is 0 Å². The van der Waals surface area contributed by atoms with Gasteiger partial charge in [-0.25, -0.2) is 15.0 Å². The van der Waals surface area contributed by atoms with E-state index < -0.39 is 4.92 Å². The van der Waals surface area contributed by atoms with Crippen LogP contribution in [0.4, 0.5) is 11.6 Å². The van der Waals surface area contributed by atoms with Crippen molar-refractivity contribution in [2.45, 2.75) is 24.0 Å². The van der Waals surface area contributed by atoms with E-state index in [1.807, 2.05) is 13.8 Å². The van der Waals surface area contributed by atoms with Crippen molar-refractivity contribution in [1.82, 2.24) is 19.9 Å². The quantitative estimate of drug-likeness (QED) is 0.386. The summed E-state index contributed by atoms with van der Waals surface area (Å²) in [5, 5.41) is 14.5. The van der Waals surface area contributed by atoms with Crippen LogP contribution < -0.4 is 5.32 Å². The number of nitro groups is 1. The van der Waals surface area contributed by atoms with Gasteiger partial charge in [-0.2, -0.15) is 4.98 Å². The van der Waals surface area contributed by atoms with Crippen LogP contribution in [0.15, 0.2) is 28.6 Å². The Kier molecular flexibility index (Phi) is 4.41. The second-order valence-corrected chi connectivity index (χ2v) is 4.71. The summed E-state index contributed by atoms with van der Waals surface area (Å²) >= 11 is 1.04. The molecule has 0 fully saturated rings. The molecule has 0 spiro atoms. The average molecular weight is 292 g/mol. The normalized spacial score (nSPS) is 10.3. The third-order valence-corrected chi connectivity index (χ3v) is 3.10. The monoisotopic (exact) mass is 292 g/mol. The van der Waals surface area contributed by atoms with Gasteiger partial charge in [0.05, 0.1) is 4.92 Å². The number of nitrogens with zero attached hydrogens (tertiary/aromatic N) is 5. The molecule has 0 atom stereocenters. The van der Waals surface area contributed by atoms with E-state index in [-0.39, 0.29) is 10.7 Å². The summed E-state index contributed by atoms with van der Waals surface area (Å²) in [6.45, 7) is 4.34. The fourth-order valence-corrected chi connectivity index (χ4v) is 2.21. The minimum atomic E-state index is -0.520. The highest BCUT2D eigenvalue weighted by Crippen LogP contribution is 2.31. The Morgan fingerprint density at radius 3 is 2.85 bits per heavy atom. The van der Waals surface area contributed by atoms with E-state index in [1.165, 1.54) is 6.20 Å². The molecule has 0 aliphatic carbocycles. The van der Waals surface area contributed by atoms with Gasteiger partial charge in [0.25, 0.3) is 0 Å². The van der Waals surface area contributed by atoms with Gasteiger partial charge >= 0.3 is 5.69 Å². The Labute approximate surface area is 119 Å². The molecule has 0 amide bonds. The maximum absolute atomic E-state index is 11.0. The SMILES string of the molecule is CCNc1ncc([N+](=O)[O-])c(Sc2nccc(C)n2)n1. The molecule has 2 aromatic heterocycles. The van der Waals surface area contributed by atoms with E-state index in [2.05, 4.69) is 25.3 Å². The minimum Gasteiger partial charge on any atom is -0.354 e. The van der Waals surface area contributed by atoms with E-state index in [0.29, 0.717) is 17.6 Å². The van der Waals surface area contributed by atoms with Gasteiger partial charge in [0.15, 0.2) is 10.2 Å². The van der Waals surface area contributed by atoms with Gasteiger partial charge in [0, 0.05) is 18.4 Å². The molecule has 2 rings (SSSR count). The van der Waals surface area contributed by atoms with E-state index in [4.69, 9.17) is 0 Å². The van der Waals surface area contributed by atoms with E-state index in [1.54, 1.807) is 12.3 Å². The highest BCUT2D eigenvalue weighted by Gasteiger charge is 2.19. The molecule has 20 heavy (non-hydrogen) atoms. The van der Waals surface area contributed by atoms with Crippen molar-refractivity contribution in [3.05, 3.63) is 34.3 Å². The van der Waals surface area contributed by atoms with Crippen LogP contribution in [0.5, 0.6) is 0 Å². The predicted molar refractivity (Wildman–Crippen MR) is 73.7 cm³/mol. The topological polar surface area (TPSA) is 107 Å². The number of hydrogen-bond acceptors (Lipinski definition) is 8. The average Bonchev–Trinajstić information content (AvgIpc) is 2.39. The lowest BCUT2D eigenvalue weighted by Crippen LogP contribution is -2.04. The molecule has 9 heteroatoms. The molecular weight excluding hydrogens is 280 g/mol. The lowest BCUT2D eigenvalue weighted by atomic mass is 10.5. The number of aromatic nitrogens is 4. The Hall–Kier alpha value is -2.29. The molecule has 2 aromatic rings. The van der Waals surface area contributed by atoms with E-state index in [9.17, 15) is 10.1 Å². The second kappa shape index (κ2) is 6.24. The highest BCUT2D eigenvalue weighted by molar-refractivity contribution is 7.99. The van der Waals surface area contributed by atoms with Crippen molar-refractivity contribution in [2.75, 3.05) is 11.9 Å². The predicted octanol–water partition coefficient (Wildman–Crippen LogP) is 2.07. The number of rotatable bonds is 5. The largest absolute Gasteiger partial charge is 0.354 e. The van der Waals surface area contributed by atoms with Gasteiger partial charge in [0.1, 0.15) is 6.20 Å². The third kappa shape index (κ3) is 3.38. The first-order valence-corrected chi connectivity index (χ1v) is 6.64. The first-order valence-electron chi connectivity index (χ1n) is 5.83. The Bertz CT molecular complexity index is 636. The van der Waals surface area contributed by atoms with Crippen molar-refractivity contribution in [3.8, 4) is 0 Å². The number of anilines is 1. The first-order chi connectivity index (χ1) is 9.60. The number of nitrogens with one attached hydrogen (secondary N) is 1. The Morgan fingerprint density at radius 2 is 2.20 bits per heavy atom. The van der Waals surface area contributed by atoms with Crippen LogP contribution in [0.2, 0.25) is 0 Å². The lowest BCUT2D eigenvalue weighted by Gasteiger charge is -2.04. The molecule has 0 saturated heterocycles. The van der Waals surface area contributed by atoms with Crippen LogP contribution in [0, 0.1) is 17.0 Å². The molecule has 0 aliphatic rings. The van der Waals surface area contributed by atoms with Gasteiger partial charge in [-0.15, -0.1) is 0 Å². The molecule has 0 aromatic carbocycles. The fraction of sp³-hybridized carbons (Fsp3) is 0.273. The molecule has 2 heterocycles. The van der Waals surface area contributed by atoms with Gasteiger partial charge in [-0.3, -0.25) is 10.1 Å². The Balaban J connectivity index is 2.36. The zero-order chi connectivity index (χ0) is 14.5. The Morgan fingerprint density at radius 1 is 1.40 bits per heavy atom. The zero-order valence-electron chi connectivity index (χ0n) is 10.9. The molecule has 8 nitrogen and oxygen atoms in total. The second-order valence-electron chi connectivity index (χ2n) is 3.75. The summed E-state index contributed by atoms with van der Waals surface area (Å²) in [5.74, 6) is 0.341. The summed E-state index contributed by atoms with van der Waals surface area (Å²) in [4.78, 5) is 26.8. The van der Waals surface area contributed by atoms with Crippen molar-refractivity contribution in [3.63, 3.8) is 0 Å². The van der Waals surface area contributed by atoms with E-state index in [0.717, 1.165) is 17.5 Å². The van der Waals surface area contributed by atoms with Crippen LogP contribution in [-0.2, 0) is 0 Å². The summed E-state index contributed by atoms with van der Waals surface area (Å²) in [6, 6.07) is 1.75. The summed E-state index contributed by atoms with van der Waals surface area (Å²) in [5.41, 5.74) is 0.618. The smallest absolute Gasteiger partial charge is 0.320 e. The van der Waals surface area contributed by atoms with Crippen LogP contribution in [0.3, 0.4) is 0 Å². The molecule has 1 N–H and O–H groups in total. The molecule has 0 saturated carbocycles. The molecule has 104 valence electrons. The minimum absolute atomic E-state index is 0.165. The zero-order valence-corrected chi connectivity index (χ0v) is 11.7. The summed E-state index contributed by atoms with van der Waals surface area (Å²) < 4.78 is 0. The van der Waals surface area contributed by atoms with Gasteiger partial charge in [-0.1, -0.05) is 0 Å². The maximum Gasteiger partial charge on any atom is 0.320 e. The van der Waals surface area contributed by atoms with E-state index >= 15 is 0 Å². The van der Waals surface area contributed by atoms with Crippen LogP contribution >= 0.6 is 11.8 Å². The third-order valence-electron chi connectivity index (χ3n) is 2.23. The highest BCUT2D eigenvalue weighted by atomic mass is 32.2. The molecular formula is C11H12N6O2S. The lowest BCUT2D eigenvalue weighted by molar-refractivity contribution is -0.388. The van der Waals surface area contributed by atoms with Gasteiger partial charge in [-0.05, 0) is 31.7 Å². The molecule has 0 unspecified atom stereocenters. The van der Waals surface area contributed by atoms with Crippen molar-refractivity contribution in [2.24, 2.45) is 0 Å². The number of aryl methyl sites for hydroxylation is 1. The van der Waals surface area contributed by atoms with Crippen LogP contribution in [-0.4, -0.2) is 31.4 Å².